The van der Waals surface area contributed by atoms with Crippen LogP contribution in [-0.4, -0.2) is 11.1 Å². The molecule has 0 unspecified atom stereocenters. The van der Waals surface area contributed by atoms with Gasteiger partial charge in [-0.3, -0.25) is 4.79 Å². The summed E-state index contributed by atoms with van der Waals surface area (Å²) in [5, 5.41) is 6.47. The second-order valence-corrected chi connectivity index (χ2v) is 6.50. The number of aromatic nitrogens is 1. The summed E-state index contributed by atoms with van der Waals surface area (Å²) in [7, 11) is 0. The molecule has 2 aromatic carbocycles. The van der Waals surface area contributed by atoms with Crippen molar-refractivity contribution in [3.63, 3.8) is 0 Å². The highest BCUT2D eigenvalue weighted by Crippen LogP contribution is 2.29. The van der Waals surface area contributed by atoms with Crippen LogP contribution in [0.1, 0.15) is 38.5 Å². The summed E-state index contributed by atoms with van der Waals surface area (Å²) in [4.78, 5) is 12.3. The molecule has 0 saturated heterocycles. The fourth-order valence-corrected chi connectivity index (χ4v) is 2.71. The first-order valence-electron chi connectivity index (χ1n) is 8.83. The van der Waals surface area contributed by atoms with E-state index in [1.54, 1.807) is 31.2 Å². The molecule has 152 valence electrons. The molecule has 5 nitrogen and oxygen atoms in total. The van der Waals surface area contributed by atoms with Crippen molar-refractivity contribution >= 4 is 5.91 Å². The lowest BCUT2D eigenvalue weighted by Gasteiger charge is -2.10. The van der Waals surface area contributed by atoms with E-state index in [0.29, 0.717) is 29.2 Å². The molecule has 1 heterocycles. The van der Waals surface area contributed by atoms with Crippen LogP contribution in [0.3, 0.4) is 0 Å². The molecule has 3 aromatic rings. The number of nitrogens with zero attached hydrogens (tertiary/aromatic N) is 1. The topological polar surface area (TPSA) is 64.4 Å². The summed E-state index contributed by atoms with van der Waals surface area (Å²) in [6, 6.07) is 11.3. The van der Waals surface area contributed by atoms with Gasteiger partial charge in [0.2, 0.25) is 0 Å². The number of hydrogen-bond donors (Lipinski definition) is 1. The highest BCUT2D eigenvalue weighted by atomic mass is 19.4. The maximum atomic E-state index is 12.8. The Hall–Kier alpha value is -3.29. The molecule has 0 spiro atoms. The number of aryl methyl sites for hydroxylation is 2. The fourth-order valence-electron chi connectivity index (χ4n) is 2.71. The maximum absolute atomic E-state index is 12.8. The first-order chi connectivity index (χ1) is 13.7. The number of rotatable bonds is 6. The van der Waals surface area contributed by atoms with Crippen LogP contribution >= 0.6 is 0 Å². The molecule has 0 aliphatic heterocycles. The Morgan fingerprint density at radius 3 is 2.48 bits per heavy atom. The van der Waals surface area contributed by atoms with E-state index in [4.69, 9.17) is 9.26 Å². The molecule has 0 bridgehead atoms. The molecule has 0 aliphatic carbocycles. The zero-order valence-electron chi connectivity index (χ0n) is 15.8. The number of amides is 1. The van der Waals surface area contributed by atoms with Crippen LogP contribution < -0.4 is 10.1 Å². The second kappa shape index (κ2) is 8.38. The van der Waals surface area contributed by atoms with E-state index >= 15 is 0 Å². The van der Waals surface area contributed by atoms with Crippen molar-refractivity contribution in [1.82, 2.24) is 10.5 Å². The van der Waals surface area contributed by atoms with Crippen LogP contribution in [0, 0.1) is 13.8 Å². The molecule has 1 amide bonds. The molecule has 3 rings (SSSR count). The van der Waals surface area contributed by atoms with Crippen LogP contribution in [0.15, 0.2) is 53.1 Å². The number of carbonyl (C=O) groups is 1. The number of ether oxygens (including phenoxy) is 1. The number of halogens is 3. The van der Waals surface area contributed by atoms with E-state index in [0.717, 1.165) is 23.4 Å². The zero-order chi connectivity index (χ0) is 21.0. The number of benzene rings is 2. The molecule has 1 N–H and O–H groups in total. The minimum atomic E-state index is -4.42. The molecule has 1 aromatic heterocycles. The lowest BCUT2D eigenvalue weighted by Crippen LogP contribution is -2.23. The predicted molar refractivity (Wildman–Crippen MR) is 99.4 cm³/mol. The fraction of sp³-hybridized carbons (Fsp3) is 0.238. The third-order valence-electron chi connectivity index (χ3n) is 4.39. The lowest BCUT2D eigenvalue weighted by molar-refractivity contribution is -0.137. The summed E-state index contributed by atoms with van der Waals surface area (Å²) in [6.07, 6.45) is -4.42. The zero-order valence-corrected chi connectivity index (χ0v) is 15.8. The number of carbonyl (C=O) groups excluding carboxylic acids is 1. The van der Waals surface area contributed by atoms with Crippen molar-refractivity contribution in [2.75, 3.05) is 0 Å². The van der Waals surface area contributed by atoms with E-state index < -0.39 is 11.7 Å². The number of nitrogens with one attached hydrogen (secondary N) is 1. The Bertz CT molecular complexity index is 976. The van der Waals surface area contributed by atoms with Crippen LogP contribution in [-0.2, 0) is 19.3 Å². The van der Waals surface area contributed by atoms with E-state index in [-0.39, 0.29) is 12.5 Å². The Morgan fingerprint density at radius 2 is 1.86 bits per heavy atom. The standard InChI is InChI=1S/C21H19F3N2O3/c1-13-19(14(2)29-26-13)12-28-18-8-6-16(7-9-18)20(27)25-11-15-4-3-5-17(10-15)21(22,23)24/h3-10H,11-12H2,1-2H3,(H,25,27). The Kier molecular flexibility index (Phi) is 5.91. The van der Waals surface area contributed by atoms with Crippen molar-refractivity contribution in [3.05, 3.63) is 82.2 Å². The Balaban J connectivity index is 1.56. The van der Waals surface area contributed by atoms with Gasteiger partial charge in [-0.25, -0.2) is 0 Å². The van der Waals surface area contributed by atoms with Gasteiger partial charge in [-0.15, -0.1) is 0 Å². The van der Waals surface area contributed by atoms with Crippen LogP contribution in [0.2, 0.25) is 0 Å². The summed E-state index contributed by atoms with van der Waals surface area (Å²) >= 11 is 0. The molecular formula is C21H19F3N2O3. The van der Waals surface area contributed by atoms with Gasteiger partial charge in [0, 0.05) is 12.1 Å². The third kappa shape index (κ3) is 5.16. The number of alkyl halides is 3. The van der Waals surface area contributed by atoms with Crippen molar-refractivity contribution in [1.29, 1.82) is 0 Å². The Morgan fingerprint density at radius 1 is 1.14 bits per heavy atom. The van der Waals surface area contributed by atoms with E-state index in [9.17, 15) is 18.0 Å². The summed E-state index contributed by atoms with van der Waals surface area (Å²) in [5.74, 6) is 0.868. The van der Waals surface area contributed by atoms with Gasteiger partial charge in [-0.1, -0.05) is 17.3 Å². The van der Waals surface area contributed by atoms with Gasteiger partial charge in [-0.2, -0.15) is 13.2 Å². The van der Waals surface area contributed by atoms with Crippen LogP contribution in [0.25, 0.3) is 0 Å². The van der Waals surface area contributed by atoms with Crippen molar-refractivity contribution in [3.8, 4) is 5.75 Å². The van der Waals surface area contributed by atoms with Gasteiger partial charge < -0.3 is 14.6 Å². The van der Waals surface area contributed by atoms with Crippen LogP contribution in [0.5, 0.6) is 5.75 Å². The minimum Gasteiger partial charge on any atom is -0.489 e. The van der Waals surface area contributed by atoms with Gasteiger partial charge >= 0.3 is 6.18 Å². The summed E-state index contributed by atoms with van der Waals surface area (Å²) in [6.45, 7) is 3.92. The van der Waals surface area contributed by atoms with Gasteiger partial charge in [0.15, 0.2) is 0 Å². The molecular weight excluding hydrogens is 385 g/mol. The molecule has 0 saturated carbocycles. The minimum absolute atomic E-state index is 0.00690. The highest BCUT2D eigenvalue weighted by Gasteiger charge is 2.30. The first kappa shape index (κ1) is 20.4. The second-order valence-electron chi connectivity index (χ2n) is 6.50. The summed E-state index contributed by atoms with van der Waals surface area (Å²) in [5.41, 5.74) is 1.62. The van der Waals surface area contributed by atoms with Gasteiger partial charge in [0.25, 0.3) is 5.91 Å². The predicted octanol–water partition coefficient (Wildman–Crippen LogP) is 4.82. The van der Waals surface area contributed by atoms with Crippen LogP contribution in [0.4, 0.5) is 13.2 Å². The molecule has 0 atom stereocenters. The summed E-state index contributed by atoms with van der Waals surface area (Å²) < 4.78 is 49.0. The maximum Gasteiger partial charge on any atom is 0.416 e. The quantitative estimate of drug-likeness (QED) is 0.640. The molecule has 29 heavy (non-hydrogen) atoms. The van der Waals surface area contributed by atoms with Gasteiger partial charge in [-0.05, 0) is 55.8 Å². The van der Waals surface area contributed by atoms with Crippen molar-refractivity contribution in [2.45, 2.75) is 33.2 Å². The molecule has 0 fully saturated rings. The molecule has 0 radical (unpaired) electrons. The monoisotopic (exact) mass is 404 g/mol. The largest absolute Gasteiger partial charge is 0.489 e. The average molecular weight is 404 g/mol. The lowest BCUT2D eigenvalue weighted by atomic mass is 10.1. The average Bonchev–Trinajstić information content (AvgIpc) is 3.02. The van der Waals surface area contributed by atoms with E-state index in [1.165, 1.54) is 12.1 Å². The Labute approximate surface area is 165 Å². The highest BCUT2D eigenvalue weighted by molar-refractivity contribution is 5.94. The van der Waals surface area contributed by atoms with Gasteiger partial charge in [0.1, 0.15) is 18.1 Å². The van der Waals surface area contributed by atoms with E-state index in [2.05, 4.69) is 10.5 Å². The van der Waals surface area contributed by atoms with Gasteiger partial charge in [0.05, 0.1) is 16.8 Å². The molecule has 8 heteroatoms. The molecule has 0 aliphatic rings. The first-order valence-corrected chi connectivity index (χ1v) is 8.83. The van der Waals surface area contributed by atoms with E-state index in [1.807, 2.05) is 6.92 Å². The number of hydrogen-bond acceptors (Lipinski definition) is 4. The third-order valence-corrected chi connectivity index (χ3v) is 4.39. The van der Waals surface area contributed by atoms with Crippen molar-refractivity contribution < 1.29 is 27.2 Å². The normalized spacial score (nSPS) is 11.3. The smallest absolute Gasteiger partial charge is 0.416 e. The SMILES string of the molecule is Cc1noc(C)c1COc1ccc(C(=O)NCc2cccc(C(F)(F)F)c2)cc1. The van der Waals surface area contributed by atoms with Crippen molar-refractivity contribution in [2.24, 2.45) is 0 Å².